The first-order valence-electron chi connectivity index (χ1n) is 9.36. The highest BCUT2D eigenvalue weighted by atomic mass is 19.1. The second-order valence-corrected chi connectivity index (χ2v) is 7.27. The van der Waals surface area contributed by atoms with Gasteiger partial charge in [0.25, 0.3) is 0 Å². The highest BCUT2D eigenvalue weighted by Gasteiger charge is 2.22. The summed E-state index contributed by atoms with van der Waals surface area (Å²) >= 11 is 0. The molecule has 0 spiro atoms. The quantitative estimate of drug-likeness (QED) is 0.686. The van der Waals surface area contributed by atoms with Crippen molar-refractivity contribution in [3.8, 4) is 23.3 Å². The first-order chi connectivity index (χ1) is 13.5. The summed E-state index contributed by atoms with van der Waals surface area (Å²) in [6.07, 6.45) is 2.23. The maximum Gasteiger partial charge on any atom is 0.317 e. The van der Waals surface area contributed by atoms with Gasteiger partial charge in [-0.15, -0.1) is 0 Å². The standard InChI is InChI=1S/C22H21FN4O/c1-14-5-7-19(23)17(10-14)21-18-11-15(12-24)6-8-20(18)25-22(26-21)28-13-16-4-3-9-27(16)2/h5-8,10-11,16H,3-4,9,13H2,1-2H3/t16-/m0/s1. The van der Waals surface area contributed by atoms with Crippen LogP contribution in [0.1, 0.15) is 24.0 Å². The van der Waals surface area contributed by atoms with Crippen molar-refractivity contribution in [1.82, 2.24) is 14.9 Å². The maximum absolute atomic E-state index is 14.6. The summed E-state index contributed by atoms with van der Waals surface area (Å²) in [6.45, 7) is 3.46. The maximum atomic E-state index is 14.6. The summed E-state index contributed by atoms with van der Waals surface area (Å²) in [4.78, 5) is 11.3. The number of hydrogen-bond donors (Lipinski definition) is 0. The summed E-state index contributed by atoms with van der Waals surface area (Å²) in [5.41, 5.74) is 2.85. The molecule has 0 radical (unpaired) electrons. The van der Waals surface area contributed by atoms with Crippen LogP contribution in [0.25, 0.3) is 22.2 Å². The zero-order chi connectivity index (χ0) is 19.7. The second-order valence-electron chi connectivity index (χ2n) is 7.27. The van der Waals surface area contributed by atoms with Crippen LogP contribution in [0.4, 0.5) is 4.39 Å². The number of aromatic nitrogens is 2. The van der Waals surface area contributed by atoms with E-state index in [1.165, 1.54) is 6.07 Å². The molecule has 0 aliphatic carbocycles. The molecule has 0 bridgehead atoms. The van der Waals surface area contributed by atoms with Crippen molar-refractivity contribution in [3.05, 3.63) is 53.3 Å². The van der Waals surface area contributed by atoms with E-state index >= 15 is 0 Å². The monoisotopic (exact) mass is 376 g/mol. The van der Waals surface area contributed by atoms with E-state index in [2.05, 4.69) is 28.0 Å². The van der Waals surface area contributed by atoms with Crippen molar-refractivity contribution < 1.29 is 9.13 Å². The van der Waals surface area contributed by atoms with Gasteiger partial charge in [-0.25, -0.2) is 4.39 Å². The van der Waals surface area contributed by atoms with Crippen LogP contribution < -0.4 is 4.74 Å². The van der Waals surface area contributed by atoms with E-state index in [9.17, 15) is 9.65 Å². The molecule has 4 rings (SSSR count). The number of hydrogen-bond acceptors (Lipinski definition) is 5. The van der Waals surface area contributed by atoms with Crippen LogP contribution in [-0.4, -0.2) is 41.1 Å². The molecule has 3 aromatic rings. The number of halogens is 1. The lowest BCUT2D eigenvalue weighted by Gasteiger charge is -2.19. The fourth-order valence-electron chi connectivity index (χ4n) is 3.63. The van der Waals surface area contributed by atoms with Crippen molar-refractivity contribution >= 4 is 10.9 Å². The first kappa shape index (κ1) is 18.3. The third-order valence-corrected chi connectivity index (χ3v) is 5.26. The number of likely N-dealkylation sites (tertiary alicyclic amines) is 1. The van der Waals surface area contributed by atoms with Crippen molar-refractivity contribution in [2.24, 2.45) is 0 Å². The summed E-state index contributed by atoms with van der Waals surface area (Å²) in [5, 5.41) is 9.88. The van der Waals surface area contributed by atoms with Gasteiger partial charge in [0, 0.05) is 17.0 Å². The Morgan fingerprint density at radius 1 is 1.25 bits per heavy atom. The first-order valence-corrected chi connectivity index (χ1v) is 9.36. The van der Waals surface area contributed by atoms with Crippen LogP contribution in [-0.2, 0) is 0 Å². The molecule has 6 heteroatoms. The molecule has 0 unspecified atom stereocenters. The van der Waals surface area contributed by atoms with Crippen LogP contribution >= 0.6 is 0 Å². The normalized spacial score (nSPS) is 17.0. The molecular formula is C22H21FN4O. The molecule has 28 heavy (non-hydrogen) atoms. The van der Waals surface area contributed by atoms with Crippen LogP contribution in [0.5, 0.6) is 6.01 Å². The molecule has 1 saturated heterocycles. The summed E-state index contributed by atoms with van der Waals surface area (Å²) < 4.78 is 20.5. The van der Waals surface area contributed by atoms with Crippen LogP contribution in [0.15, 0.2) is 36.4 Å². The SMILES string of the molecule is Cc1ccc(F)c(-c2nc(OC[C@@H]3CCCN3C)nc3ccc(C#N)cc23)c1. The minimum Gasteiger partial charge on any atom is -0.462 e. The van der Waals surface area contributed by atoms with Gasteiger partial charge in [-0.05, 0) is 63.7 Å². The van der Waals surface area contributed by atoms with E-state index in [0.717, 1.165) is 24.9 Å². The summed E-state index contributed by atoms with van der Waals surface area (Å²) in [7, 11) is 2.08. The third-order valence-electron chi connectivity index (χ3n) is 5.26. The molecular weight excluding hydrogens is 355 g/mol. The Kier molecular flexibility index (Phi) is 4.93. The highest BCUT2D eigenvalue weighted by Crippen LogP contribution is 2.31. The number of fused-ring (bicyclic) bond motifs is 1. The number of aryl methyl sites for hydroxylation is 1. The summed E-state index contributed by atoms with van der Waals surface area (Å²) in [6, 6.07) is 12.7. The molecule has 1 aromatic heterocycles. The zero-order valence-corrected chi connectivity index (χ0v) is 15.9. The number of rotatable bonds is 4. The summed E-state index contributed by atoms with van der Waals surface area (Å²) in [5.74, 6) is -0.366. The third kappa shape index (κ3) is 3.54. The molecule has 2 heterocycles. The molecule has 142 valence electrons. The van der Waals surface area contributed by atoms with Crippen LogP contribution in [0, 0.1) is 24.1 Å². The van der Waals surface area contributed by atoms with Crippen molar-refractivity contribution in [1.29, 1.82) is 5.26 Å². The van der Waals surface area contributed by atoms with Gasteiger partial charge < -0.3 is 9.64 Å². The van der Waals surface area contributed by atoms with Gasteiger partial charge in [-0.1, -0.05) is 11.6 Å². The smallest absolute Gasteiger partial charge is 0.317 e. The van der Waals surface area contributed by atoms with Gasteiger partial charge in [-0.2, -0.15) is 15.2 Å². The van der Waals surface area contributed by atoms with Gasteiger partial charge in [0.15, 0.2) is 0 Å². The minimum absolute atomic E-state index is 0.230. The van der Waals surface area contributed by atoms with E-state index < -0.39 is 0 Å². The lowest BCUT2D eigenvalue weighted by Crippen LogP contribution is -2.30. The molecule has 2 aromatic carbocycles. The fourth-order valence-corrected chi connectivity index (χ4v) is 3.63. The molecule has 1 atom stereocenters. The van der Waals surface area contributed by atoms with Crippen molar-refractivity contribution in [3.63, 3.8) is 0 Å². The average molecular weight is 376 g/mol. The van der Waals surface area contributed by atoms with Gasteiger partial charge in [0.2, 0.25) is 0 Å². The Balaban J connectivity index is 1.80. The molecule has 1 aliphatic rings. The Morgan fingerprint density at radius 3 is 2.86 bits per heavy atom. The van der Waals surface area contributed by atoms with Crippen LogP contribution in [0.3, 0.4) is 0 Å². The zero-order valence-electron chi connectivity index (χ0n) is 15.9. The lowest BCUT2D eigenvalue weighted by atomic mass is 10.0. The van der Waals surface area contributed by atoms with Gasteiger partial charge >= 0.3 is 6.01 Å². The minimum atomic E-state index is -0.366. The fraction of sp³-hybridized carbons (Fsp3) is 0.318. The van der Waals surface area contributed by atoms with Crippen molar-refractivity contribution in [2.45, 2.75) is 25.8 Å². The van der Waals surface area contributed by atoms with Gasteiger partial charge in [-0.3, -0.25) is 0 Å². The van der Waals surface area contributed by atoms with Gasteiger partial charge in [0.05, 0.1) is 22.8 Å². The van der Waals surface area contributed by atoms with E-state index in [1.54, 1.807) is 30.3 Å². The predicted octanol–water partition coefficient (Wildman–Crippen LogP) is 4.09. The van der Waals surface area contributed by atoms with E-state index in [0.29, 0.717) is 40.4 Å². The molecule has 0 saturated carbocycles. The van der Waals surface area contributed by atoms with Crippen molar-refractivity contribution in [2.75, 3.05) is 20.2 Å². The van der Waals surface area contributed by atoms with Crippen LogP contribution in [0.2, 0.25) is 0 Å². The molecule has 0 N–H and O–H groups in total. The Hall–Kier alpha value is -3.04. The second kappa shape index (κ2) is 7.53. The number of benzene rings is 2. The van der Waals surface area contributed by atoms with E-state index in [1.807, 2.05) is 6.92 Å². The Labute approximate surface area is 163 Å². The topological polar surface area (TPSA) is 62.0 Å². The highest BCUT2D eigenvalue weighted by molar-refractivity contribution is 5.93. The Bertz CT molecular complexity index is 1080. The number of nitrogens with zero attached hydrogens (tertiary/aromatic N) is 4. The van der Waals surface area contributed by atoms with E-state index in [-0.39, 0.29) is 11.8 Å². The predicted molar refractivity (Wildman–Crippen MR) is 106 cm³/mol. The lowest BCUT2D eigenvalue weighted by molar-refractivity contribution is 0.188. The Morgan fingerprint density at radius 2 is 2.11 bits per heavy atom. The molecule has 1 aliphatic heterocycles. The molecule has 1 fully saturated rings. The number of ether oxygens (including phenoxy) is 1. The molecule has 0 amide bonds. The number of likely N-dealkylation sites (N-methyl/N-ethyl adjacent to an activating group) is 1. The largest absolute Gasteiger partial charge is 0.462 e. The van der Waals surface area contributed by atoms with Gasteiger partial charge in [0.1, 0.15) is 12.4 Å². The van der Waals surface area contributed by atoms with E-state index in [4.69, 9.17) is 4.74 Å². The average Bonchev–Trinajstić information content (AvgIpc) is 3.12. The number of nitriles is 1. The molecule has 5 nitrogen and oxygen atoms in total.